The lowest BCUT2D eigenvalue weighted by molar-refractivity contribution is 0.0594. The van der Waals surface area contributed by atoms with Crippen LogP contribution in [0.5, 0.6) is 0 Å². The van der Waals surface area contributed by atoms with E-state index in [9.17, 15) is 4.79 Å². The summed E-state index contributed by atoms with van der Waals surface area (Å²) in [5.74, 6) is -0.518. The van der Waals surface area contributed by atoms with Crippen molar-refractivity contribution in [3.63, 3.8) is 0 Å². The summed E-state index contributed by atoms with van der Waals surface area (Å²) in [7, 11) is 1.29. The van der Waals surface area contributed by atoms with Gasteiger partial charge in [-0.15, -0.1) is 0 Å². The Morgan fingerprint density at radius 3 is 2.83 bits per heavy atom. The molecule has 66 valence electrons. The van der Waals surface area contributed by atoms with Crippen LogP contribution < -0.4 is 0 Å². The Balaban J connectivity index is 3.02. The van der Waals surface area contributed by atoms with Crippen molar-refractivity contribution in [2.75, 3.05) is 7.11 Å². The zero-order valence-electron chi connectivity index (χ0n) is 6.85. The summed E-state index contributed by atoms with van der Waals surface area (Å²) >= 11 is 5.80. The molecule has 1 rings (SSSR count). The van der Waals surface area contributed by atoms with Gasteiger partial charge < -0.3 is 4.74 Å². The molecular formula is C7H9ClN2O2. The van der Waals surface area contributed by atoms with Gasteiger partial charge >= 0.3 is 5.97 Å². The van der Waals surface area contributed by atoms with Crippen molar-refractivity contribution in [3.8, 4) is 0 Å². The fourth-order valence-corrected chi connectivity index (χ4v) is 1.13. The molecule has 0 spiro atoms. The molecule has 0 aliphatic rings. The van der Waals surface area contributed by atoms with E-state index in [1.807, 2.05) is 6.92 Å². The fourth-order valence-electron chi connectivity index (χ4n) is 0.831. The minimum atomic E-state index is -0.518. The van der Waals surface area contributed by atoms with E-state index in [4.69, 9.17) is 11.6 Å². The van der Waals surface area contributed by atoms with Gasteiger partial charge in [-0.05, 0) is 6.42 Å². The maximum Gasteiger partial charge on any atom is 0.360 e. The molecule has 0 saturated carbocycles. The lowest BCUT2D eigenvalue weighted by Gasteiger charge is -1.93. The number of hydrogen-bond donors (Lipinski definition) is 1. The monoisotopic (exact) mass is 188 g/mol. The third-order valence-electron chi connectivity index (χ3n) is 1.51. The number of methoxy groups -OCH3 is 1. The van der Waals surface area contributed by atoms with Gasteiger partial charge in [-0.1, -0.05) is 18.5 Å². The molecule has 0 bridgehead atoms. The summed E-state index contributed by atoms with van der Waals surface area (Å²) < 4.78 is 4.47. The van der Waals surface area contributed by atoms with Gasteiger partial charge in [0.05, 0.1) is 17.8 Å². The number of aryl methyl sites for hydroxylation is 1. The second kappa shape index (κ2) is 3.58. The quantitative estimate of drug-likeness (QED) is 0.714. The SMILES string of the molecule is CCc1[nH]nc(C(=O)OC)c1Cl. The highest BCUT2D eigenvalue weighted by Gasteiger charge is 2.16. The van der Waals surface area contributed by atoms with E-state index in [-0.39, 0.29) is 5.69 Å². The molecule has 5 heteroatoms. The summed E-state index contributed by atoms with van der Waals surface area (Å²) in [6.07, 6.45) is 0.711. The van der Waals surface area contributed by atoms with Crippen LogP contribution in [0, 0.1) is 0 Å². The second-order valence-corrected chi connectivity index (χ2v) is 2.59. The average molecular weight is 189 g/mol. The van der Waals surface area contributed by atoms with Crippen molar-refractivity contribution in [2.24, 2.45) is 0 Å². The number of aromatic amines is 1. The zero-order chi connectivity index (χ0) is 9.14. The molecule has 0 atom stereocenters. The van der Waals surface area contributed by atoms with Crippen molar-refractivity contribution < 1.29 is 9.53 Å². The van der Waals surface area contributed by atoms with E-state index in [1.165, 1.54) is 7.11 Å². The van der Waals surface area contributed by atoms with Crippen molar-refractivity contribution in [1.82, 2.24) is 10.2 Å². The highest BCUT2D eigenvalue weighted by molar-refractivity contribution is 6.33. The van der Waals surface area contributed by atoms with Crippen LogP contribution in [0.4, 0.5) is 0 Å². The topological polar surface area (TPSA) is 55.0 Å². The van der Waals surface area contributed by atoms with Crippen LogP contribution >= 0.6 is 11.6 Å². The molecule has 1 N–H and O–H groups in total. The fraction of sp³-hybridized carbons (Fsp3) is 0.429. The van der Waals surface area contributed by atoms with Crippen molar-refractivity contribution >= 4 is 17.6 Å². The maximum absolute atomic E-state index is 11.0. The van der Waals surface area contributed by atoms with E-state index in [1.54, 1.807) is 0 Å². The first-order valence-corrected chi connectivity index (χ1v) is 3.89. The molecule has 0 aromatic carbocycles. The number of nitrogens with one attached hydrogen (secondary N) is 1. The van der Waals surface area contributed by atoms with E-state index >= 15 is 0 Å². The van der Waals surface area contributed by atoms with Gasteiger partial charge in [0, 0.05) is 0 Å². The van der Waals surface area contributed by atoms with E-state index in [2.05, 4.69) is 14.9 Å². The number of esters is 1. The maximum atomic E-state index is 11.0. The summed E-state index contributed by atoms with van der Waals surface area (Å²) in [6, 6.07) is 0. The number of carbonyl (C=O) groups is 1. The highest BCUT2D eigenvalue weighted by atomic mass is 35.5. The standard InChI is InChI=1S/C7H9ClN2O2/c1-3-4-5(8)6(10-9-4)7(11)12-2/h3H2,1-2H3,(H,9,10). The van der Waals surface area contributed by atoms with Crippen LogP contribution in [0.15, 0.2) is 0 Å². The van der Waals surface area contributed by atoms with Crippen molar-refractivity contribution in [1.29, 1.82) is 0 Å². The van der Waals surface area contributed by atoms with E-state index in [0.29, 0.717) is 11.4 Å². The normalized spacial score (nSPS) is 9.92. The summed E-state index contributed by atoms with van der Waals surface area (Å²) in [5, 5.41) is 6.73. The van der Waals surface area contributed by atoms with E-state index < -0.39 is 5.97 Å². The third kappa shape index (κ3) is 1.43. The van der Waals surface area contributed by atoms with E-state index in [0.717, 1.165) is 5.69 Å². The van der Waals surface area contributed by atoms with Gasteiger partial charge in [0.15, 0.2) is 5.69 Å². The first kappa shape index (κ1) is 9.06. The van der Waals surface area contributed by atoms with Crippen LogP contribution in [0.25, 0.3) is 0 Å². The molecule has 12 heavy (non-hydrogen) atoms. The minimum Gasteiger partial charge on any atom is -0.464 e. The highest BCUT2D eigenvalue weighted by Crippen LogP contribution is 2.18. The zero-order valence-corrected chi connectivity index (χ0v) is 7.60. The molecule has 0 saturated heterocycles. The predicted octanol–water partition coefficient (Wildman–Crippen LogP) is 1.41. The van der Waals surface area contributed by atoms with Crippen LogP contribution in [-0.2, 0) is 11.2 Å². The number of aromatic nitrogens is 2. The number of rotatable bonds is 2. The van der Waals surface area contributed by atoms with Gasteiger partial charge in [-0.3, -0.25) is 5.10 Å². The van der Waals surface area contributed by atoms with Gasteiger partial charge in [0.25, 0.3) is 0 Å². The Bertz CT molecular complexity index is 296. The van der Waals surface area contributed by atoms with Crippen LogP contribution in [0.2, 0.25) is 5.02 Å². The molecule has 0 aliphatic carbocycles. The van der Waals surface area contributed by atoms with Crippen LogP contribution in [-0.4, -0.2) is 23.3 Å². The Labute approximate surface area is 74.9 Å². The third-order valence-corrected chi connectivity index (χ3v) is 1.91. The molecule has 1 heterocycles. The Kier molecular flexibility index (Phi) is 2.70. The largest absolute Gasteiger partial charge is 0.464 e. The first-order valence-electron chi connectivity index (χ1n) is 3.51. The number of ether oxygens (including phenoxy) is 1. The molecule has 0 amide bonds. The Morgan fingerprint density at radius 1 is 1.75 bits per heavy atom. The smallest absolute Gasteiger partial charge is 0.360 e. The average Bonchev–Trinajstić information content (AvgIpc) is 2.45. The molecule has 0 fully saturated rings. The molecule has 0 aliphatic heterocycles. The van der Waals surface area contributed by atoms with Crippen LogP contribution in [0.1, 0.15) is 23.1 Å². The Morgan fingerprint density at radius 2 is 2.42 bits per heavy atom. The molecule has 4 nitrogen and oxygen atoms in total. The molecule has 1 aromatic heterocycles. The predicted molar refractivity (Wildman–Crippen MR) is 44.3 cm³/mol. The van der Waals surface area contributed by atoms with Gasteiger partial charge in [-0.25, -0.2) is 4.79 Å². The number of hydrogen-bond acceptors (Lipinski definition) is 3. The van der Waals surface area contributed by atoms with Gasteiger partial charge in [-0.2, -0.15) is 5.10 Å². The summed E-state index contributed by atoms with van der Waals surface area (Å²) in [5.41, 5.74) is 0.896. The number of carbonyl (C=O) groups excluding carboxylic acids is 1. The molecule has 0 radical (unpaired) electrons. The van der Waals surface area contributed by atoms with Gasteiger partial charge in [0.1, 0.15) is 0 Å². The lowest BCUT2D eigenvalue weighted by atomic mass is 10.3. The summed E-state index contributed by atoms with van der Waals surface area (Å²) in [6.45, 7) is 1.92. The summed E-state index contributed by atoms with van der Waals surface area (Å²) in [4.78, 5) is 11.0. The minimum absolute atomic E-state index is 0.149. The van der Waals surface area contributed by atoms with Crippen molar-refractivity contribution in [3.05, 3.63) is 16.4 Å². The molecule has 0 unspecified atom stereocenters. The first-order chi connectivity index (χ1) is 5.70. The van der Waals surface area contributed by atoms with Gasteiger partial charge in [0.2, 0.25) is 0 Å². The number of H-pyrrole nitrogens is 1. The Hall–Kier alpha value is -1.03. The van der Waals surface area contributed by atoms with Crippen molar-refractivity contribution in [2.45, 2.75) is 13.3 Å². The number of nitrogens with zero attached hydrogens (tertiary/aromatic N) is 1. The lowest BCUT2D eigenvalue weighted by Crippen LogP contribution is -2.02. The second-order valence-electron chi connectivity index (χ2n) is 2.21. The van der Waals surface area contributed by atoms with Crippen LogP contribution in [0.3, 0.4) is 0 Å². The molecule has 1 aromatic rings. The molecular weight excluding hydrogens is 180 g/mol. The number of halogens is 1.